The molecule has 0 atom stereocenters. The van der Waals surface area contributed by atoms with Crippen LogP contribution in [0.4, 0.5) is 5.69 Å². The largest absolute Gasteiger partial charge is 0.494 e. The van der Waals surface area contributed by atoms with E-state index in [2.05, 4.69) is 6.58 Å². The van der Waals surface area contributed by atoms with Crippen molar-refractivity contribution in [1.82, 2.24) is 0 Å². The predicted octanol–water partition coefficient (Wildman–Crippen LogP) is 5.24. The summed E-state index contributed by atoms with van der Waals surface area (Å²) in [5.41, 5.74) is 2.47. The van der Waals surface area contributed by atoms with Crippen molar-refractivity contribution in [2.75, 3.05) is 25.7 Å². The fraction of sp³-hybridized carbons (Fsp3) is 0.217. The van der Waals surface area contributed by atoms with Gasteiger partial charge >= 0.3 is 0 Å². The molecule has 0 spiro atoms. The number of benzene rings is 2. The molecule has 1 heterocycles. The van der Waals surface area contributed by atoms with Crippen LogP contribution < -0.4 is 19.1 Å². The highest BCUT2D eigenvalue weighted by Crippen LogP contribution is 2.38. The van der Waals surface area contributed by atoms with Crippen molar-refractivity contribution in [2.24, 2.45) is 0 Å². The molecule has 3 rings (SSSR count). The normalized spacial score (nSPS) is 14.9. The number of carbonyl (C=O) groups is 1. The summed E-state index contributed by atoms with van der Waals surface area (Å²) in [7, 11) is 3.19. The molecular weight excluding hydrogens is 418 g/mol. The molecule has 0 aliphatic carbocycles. The first-order valence-corrected chi connectivity index (χ1v) is 10.6. The van der Waals surface area contributed by atoms with Crippen molar-refractivity contribution in [2.45, 2.75) is 13.3 Å². The smallest absolute Gasteiger partial charge is 0.270 e. The van der Waals surface area contributed by atoms with Crippen LogP contribution in [0.2, 0.25) is 0 Å². The number of allylic oxidation sites excluding steroid dienone is 1. The monoisotopic (exact) mass is 441 g/mol. The van der Waals surface area contributed by atoms with Gasteiger partial charge in [-0.3, -0.25) is 9.69 Å². The van der Waals surface area contributed by atoms with E-state index in [1.807, 2.05) is 49.4 Å². The van der Waals surface area contributed by atoms with Gasteiger partial charge in [0.05, 0.1) is 31.4 Å². The highest BCUT2D eigenvalue weighted by molar-refractivity contribution is 8.27. The number of amides is 1. The van der Waals surface area contributed by atoms with Crippen molar-refractivity contribution in [1.29, 1.82) is 0 Å². The Morgan fingerprint density at radius 3 is 2.50 bits per heavy atom. The van der Waals surface area contributed by atoms with E-state index in [9.17, 15) is 4.79 Å². The average Bonchev–Trinajstić information content (AvgIpc) is 3.01. The summed E-state index contributed by atoms with van der Waals surface area (Å²) in [5, 5.41) is 0. The van der Waals surface area contributed by atoms with E-state index in [1.165, 1.54) is 16.7 Å². The lowest BCUT2D eigenvalue weighted by Gasteiger charge is -2.15. The Bertz CT molecular complexity index is 999. The van der Waals surface area contributed by atoms with Gasteiger partial charge in [0, 0.05) is 5.56 Å². The molecule has 156 valence electrons. The van der Waals surface area contributed by atoms with Crippen LogP contribution in [0, 0.1) is 0 Å². The zero-order chi connectivity index (χ0) is 21.7. The molecule has 1 saturated heterocycles. The Hall–Kier alpha value is -2.77. The minimum absolute atomic E-state index is 0.158. The lowest BCUT2D eigenvalue weighted by Crippen LogP contribution is -2.27. The number of anilines is 1. The highest BCUT2D eigenvalue weighted by Gasteiger charge is 2.33. The Balaban J connectivity index is 1.93. The van der Waals surface area contributed by atoms with Crippen molar-refractivity contribution >= 4 is 46.0 Å². The number of thiocarbonyl (C=S) groups is 1. The van der Waals surface area contributed by atoms with Gasteiger partial charge in [-0.15, -0.1) is 6.58 Å². The quantitative estimate of drug-likeness (QED) is 0.317. The summed E-state index contributed by atoms with van der Waals surface area (Å²) < 4.78 is 16.9. The molecular formula is C23H23NO4S2. The van der Waals surface area contributed by atoms with Crippen LogP contribution in [-0.4, -0.2) is 31.1 Å². The number of rotatable bonds is 8. The van der Waals surface area contributed by atoms with E-state index in [0.717, 1.165) is 16.9 Å². The van der Waals surface area contributed by atoms with Crippen molar-refractivity contribution in [3.63, 3.8) is 0 Å². The summed E-state index contributed by atoms with van der Waals surface area (Å²) in [6, 6.07) is 11.1. The van der Waals surface area contributed by atoms with Gasteiger partial charge < -0.3 is 14.2 Å². The van der Waals surface area contributed by atoms with E-state index in [0.29, 0.717) is 39.4 Å². The van der Waals surface area contributed by atoms with Crippen LogP contribution in [0.1, 0.15) is 18.1 Å². The van der Waals surface area contributed by atoms with Gasteiger partial charge in [-0.2, -0.15) is 0 Å². The lowest BCUT2D eigenvalue weighted by atomic mass is 10.0. The van der Waals surface area contributed by atoms with E-state index in [1.54, 1.807) is 20.3 Å². The highest BCUT2D eigenvalue weighted by atomic mass is 32.2. The topological polar surface area (TPSA) is 48.0 Å². The third-order valence-corrected chi connectivity index (χ3v) is 5.74. The lowest BCUT2D eigenvalue weighted by molar-refractivity contribution is -0.113. The molecule has 0 unspecified atom stereocenters. The van der Waals surface area contributed by atoms with E-state index in [-0.39, 0.29) is 5.91 Å². The Morgan fingerprint density at radius 2 is 1.90 bits per heavy atom. The predicted molar refractivity (Wildman–Crippen MR) is 127 cm³/mol. The zero-order valence-corrected chi connectivity index (χ0v) is 18.8. The van der Waals surface area contributed by atoms with Gasteiger partial charge in [-0.05, 0) is 61.4 Å². The third-order valence-electron chi connectivity index (χ3n) is 4.44. The SMILES string of the molecule is C=CCc1cc(/C=C2\SC(=S)N(c3ccc(OCC)cc3)C2=O)cc(OC)c1OC. The summed E-state index contributed by atoms with van der Waals surface area (Å²) in [5.74, 6) is 1.86. The molecule has 0 bridgehead atoms. The second-order valence-corrected chi connectivity index (χ2v) is 8.03. The van der Waals surface area contributed by atoms with Crippen LogP contribution in [0.5, 0.6) is 17.2 Å². The molecule has 2 aromatic rings. The Labute approximate surface area is 186 Å². The summed E-state index contributed by atoms with van der Waals surface area (Å²) in [4.78, 5) is 15.1. The zero-order valence-electron chi connectivity index (χ0n) is 17.1. The van der Waals surface area contributed by atoms with Gasteiger partial charge in [0.1, 0.15) is 5.75 Å². The molecule has 1 amide bonds. The van der Waals surface area contributed by atoms with Crippen LogP contribution in [0.25, 0.3) is 6.08 Å². The molecule has 0 N–H and O–H groups in total. The number of thioether (sulfide) groups is 1. The summed E-state index contributed by atoms with van der Waals surface area (Å²) >= 11 is 6.74. The van der Waals surface area contributed by atoms with E-state index in [4.69, 9.17) is 26.4 Å². The van der Waals surface area contributed by atoms with E-state index < -0.39 is 0 Å². The minimum atomic E-state index is -0.158. The van der Waals surface area contributed by atoms with Crippen LogP contribution >= 0.6 is 24.0 Å². The summed E-state index contributed by atoms with van der Waals surface area (Å²) in [6.07, 6.45) is 4.24. The first-order chi connectivity index (χ1) is 14.5. The number of nitrogens with zero attached hydrogens (tertiary/aromatic N) is 1. The van der Waals surface area contributed by atoms with Gasteiger partial charge in [0.15, 0.2) is 15.8 Å². The molecule has 1 fully saturated rings. The number of hydrogen-bond acceptors (Lipinski definition) is 6. The molecule has 0 saturated carbocycles. The van der Waals surface area contributed by atoms with Crippen LogP contribution in [0.3, 0.4) is 0 Å². The molecule has 0 radical (unpaired) electrons. The van der Waals surface area contributed by atoms with E-state index >= 15 is 0 Å². The summed E-state index contributed by atoms with van der Waals surface area (Å²) in [6.45, 7) is 6.31. The molecule has 1 aliphatic rings. The maximum atomic E-state index is 13.1. The van der Waals surface area contributed by atoms with Gasteiger partial charge in [-0.25, -0.2) is 0 Å². The first-order valence-electron chi connectivity index (χ1n) is 9.39. The maximum Gasteiger partial charge on any atom is 0.270 e. The van der Waals surface area contributed by atoms with Crippen LogP contribution in [0.15, 0.2) is 54.0 Å². The minimum Gasteiger partial charge on any atom is -0.494 e. The Morgan fingerprint density at radius 1 is 1.17 bits per heavy atom. The fourth-order valence-electron chi connectivity index (χ4n) is 3.16. The molecule has 30 heavy (non-hydrogen) atoms. The number of ether oxygens (including phenoxy) is 3. The molecule has 1 aliphatic heterocycles. The van der Waals surface area contributed by atoms with Crippen molar-refractivity contribution in [3.05, 3.63) is 65.1 Å². The van der Waals surface area contributed by atoms with Crippen LogP contribution in [-0.2, 0) is 11.2 Å². The van der Waals surface area contributed by atoms with Gasteiger partial charge in [0.2, 0.25) is 0 Å². The second kappa shape index (κ2) is 9.82. The number of carbonyl (C=O) groups excluding carboxylic acids is 1. The number of methoxy groups -OCH3 is 2. The molecule has 7 heteroatoms. The molecule has 2 aromatic carbocycles. The standard InChI is InChI=1S/C23H23NO4S2/c1-5-7-16-12-15(13-19(26-3)21(16)27-4)14-20-22(25)24(23(29)30-20)17-8-10-18(11-9-17)28-6-2/h5,8-14H,1,6-7H2,2-4H3/b20-14-. The average molecular weight is 442 g/mol. The molecule has 0 aromatic heterocycles. The van der Waals surface area contributed by atoms with Crippen molar-refractivity contribution in [3.8, 4) is 17.2 Å². The fourth-order valence-corrected chi connectivity index (χ4v) is 4.46. The molecule has 5 nitrogen and oxygen atoms in total. The Kier molecular flexibility index (Phi) is 7.18. The van der Waals surface area contributed by atoms with Crippen molar-refractivity contribution < 1.29 is 19.0 Å². The third kappa shape index (κ3) is 4.52. The second-order valence-electron chi connectivity index (χ2n) is 6.35. The van der Waals surface area contributed by atoms with Gasteiger partial charge in [0.25, 0.3) is 5.91 Å². The first kappa shape index (κ1) is 21.9. The number of hydrogen-bond donors (Lipinski definition) is 0. The maximum absolute atomic E-state index is 13.1. The van der Waals surface area contributed by atoms with Gasteiger partial charge in [-0.1, -0.05) is 30.1 Å².